The number of methoxy groups -OCH3 is 1. The molecule has 0 aliphatic carbocycles. The molecule has 1 heterocycles. The Morgan fingerprint density at radius 2 is 1.69 bits per heavy atom. The molecule has 3 aromatic carbocycles. The molecule has 144 valence electrons. The van der Waals surface area contributed by atoms with E-state index in [-0.39, 0.29) is 10.7 Å². The first-order valence-corrected chi connectivity index (χ1v) is 9.92. The summed E-state index contributed by atoms with van der Waals surface area (Å²) >= 11 is 8.61. The summed E-state index contributed by atoms with van der Waals surface area (Å²) in [5.41, 5.74) is 1.33. The Morgan fingerprint density at radius 1 is 1.00 bits per heavy atom. The maximum atomic E-state index is 13.2. The molecule has 4 rings (SSSR count). The number of nitrogens with one attached hydrogen (secondary N) is 1. The highest BCUT2D eigenvalue weighted by Crippen LogP contribution is 2.30. The first-order valence-electron chi connectivity index (χ1n) is 8.72. The molecule has 0 atom stereocenters. The Labute approximate surface area is 181 Å². The summed E-state index contributed by atoms with van der Waals surface area (Å²) in [4.78, 5) is 27.1. The van der Waals surface area contributed by atoms with Gasteiger partial charge in [0.05, 0.1) is 12.8 Å². The topological polar surface area (TPSA) is 58.6 Å². The van der Waals surface area contributed by atoms with Crippen molar-refractivity contribution in [2.24, 2.45) is 0 Å². The third-order valence-electron chi connectivity index (χ3n) is 4.62. The summed E-state index contributed by atoms with van der Waals surface area (Å²) in [5, 5.41) is 4.44. The quantitative estimate of drug-likeness (QED) is 0.352. The lowest BCUT2D eigenvalue weighted by Gasteiger charge is -2.29. The van der Waals surface area contributed by atoms with Gasteiger partial charge in [-0.2, -0.15) is 0 Å². The number of fused-ring (bicyclic) bond motifs is 1. The van der Waals surface area contributed by atoms with Crippen molar-refractivity contribution in [3.8, 4) is 5.75 Å². The molecule has 0 aromatic heterocycles. The molecule has 1 aliphatic rings. The monoisotopic (exact) mass is 466 g/mol. The fraction of sp³-hybridized carbons (Fsp3) is 0.0455. The summed E-state index contributed by atoms with van der Waals surface area (Å²) in [6, 6.07) is 18.4. The summed E-state index contributed by atoms with van der Waals surface area (Å²) < 4.78 is 6.29. The molecular formula is C22H15BrN2O3S. The van der Waals surface area contributed by atoms with Gasteiger partial charge in [0.2, 0.25) is 0 Å². The third kappa shape index (κ3) is 3.54. The van der Waals surface area contributed by atoms with Crippen molar-refractivity contribution in [3.63, 3.8) is 0 Å². The lowest BCUT2D eigenvalue weighted by atomic mass is 10.00. The van der Waals surface area contributed by atoms with Gasteiger partial charge < -0.3 is 4.74 Å². The number of ether oxygens (including phenoxy) is 1. The van der Waals surface area contributed by atoms with Gasteiger partial charge in [-0.05, 0) is 59.6 Å². The zero-order valence-electron chi connectivity index (χ0n) is 15.3. The average Bonchev–Trinajstić information content (AvgIpc) is 2.72. The molecule has 0 radical (unpaired) electrons. The summed E-state index contributed by atoms with van der Waals surface area (Å²) in [5.74, 6) is -0.269. The molecule has 5 nitrogen and oxygen atoms in total. The van der Waals surface area contributed by atoms with Crippen LogP contribution < -0.4 is 15.0 Å². The third-order valence-corrected chi connectivity index (χ3v) is 5.44. The number of halogens is 1. The SMILES string of the molecule is COc1ccc(C=C2C(=O)NC(=S)N(c3ccc(Br)cc3)C2=O)c2ccccc12. The van der Waals surface area contributed by atoms with Gasteiger partial charge in [0.1, 0.15) is 11.3 Å². The van der Waals surface area contributed by atoms with Crippen LogP contribution in [0, 0.1) is 0 Å². The van der Waals surface area contributed by atoms with Crippen LogP contribution in [-0.4, -0.2) is 24.0 Å². The molecule has 7 heteroatoms. The molecule has 0 unspecified atom stereocenters. The van der Waals surface area contributed by atoms with Crippen LogP contribution in [0.2, 0.25) is 0 Å². The minimum Gasteiger partial charge on any atom is -0.496 e. The summed E-state index contributed by atoms with van der Waals surface area (Å²) in [6.07, 6.45) is 1.59. The van der Waals surface area contributed by atoms with Gasteiger partial charge in [-0.3, -0.25) is 19.8 Å². The zero-order valence-corrected chi connectivity index (χ0v) is 17.7. The van der Waals surface area contributed by atoms with Gasteiger partial charge in [-0.25, -0.2) is 0 Å². The Morgan fingerprint density at radius 3 is 2.38 bits per heavy atom. The maximum Gasteiger partial charge on any atom is 0.270 e. The van der Waals surface area contributed by atoms with Gasteiger partial charge in [0.25, 0.3) is 11.8 Å². The van der Waals surface area contributed by atoms with Crippen molar-refractivity contribution in [2.45, 2.75) is 0 Å². The molecular weight excluding hydrogens is 452 g/mol. The lowest BCUT2D eigenvalue weighted by Crippen LogP contribution is -2.54. The molecule has 0 saturated carbocycles. The van der Waals surface area contributed by atoms with Gasteiger partial charge in [-0.1, -0.05) is 46.3 Å². The van der Waals surface area contributed by atoms with Crippen LogP contribution in [0.4, 0.5) is 5.69 Å². The number of amides is 2. The van der Waals surface area contributed by atoms with Crippen molar-refractivity contribution >= 4 is 67.6 Å². The number of thiocarbonyl (C=S) groups is 1. The molecule has 1 saturated heterocycles. The predicted octanol–water partition coefficient (Wildman–Crippen LogP) is 4.44. The van der Waals surface area contributed by atoms with Gasteiger partial charge in [-0.15, -0.1) is 0 Å². The second kappa shape index (κ2) is 7.77. The van der Waals surface area contributed by atoms with Crippen molar-refractivity contribution in [1.82, 2.24) is 5.32 Å². The fourth-order valence-corrected chi connectivity index (χ4v) is 3.78. The number of nitrogens with zero attached hydrogens (tertiary/aromatic N) is 1. The van der Waals surface area contributed by atoms with Crippen molar-refractivity contribution in [1.29, 1.82) is 0 Å². The smallest absolute Gasteiger partial charge is 0.270 e. The first-order chi connectivity index (χ1) is 14.0. The van der Waals surface area contributed by atoms with Crippen molar-refractivity contribution in [2.75, 3.05) is 12.0 Å². The Kier molecular flexibility index (Phi) is 5.17. The number of hydrogen-bond acceptors (Lipinski definition) is 4. The molecule has 2 amide bonds. The molecule has 29 heavy (non-hydrogen) atoms. The molecule has 0 bridgehead atoms. The number of carbonyl (C=O) groups excluding carboxylic acids is 2. The van der Waals surface area contributed by atoms with E-state index in [1.807, 2.05) is 48.5 Å². The van der Waals surface area contributed by atoms with E-state index in [1.165, 1.54) is 4.90 Å². The average molecular weight is 467 g/mol. The Balaban J connectivity index is 1.82. The van der Waals surface area contributed by atoms with Crippen molar-refractivity contribution < 1.29 is 14.3 Å². The molecule has 0 spiro atoms. The van der Waals surface area contributed by atoms with E-state index >= 15 is 0 Å². The number of anilines is 1. The second-order valence-corrected chi connectivity index (χ2v) is 7.64. The van der Waals surface area contributed by atoms with Crippen molar-refractivity contribution in [3.05, 3.63) is 76.3 Å². The molecule has 1 N–H and O–H groups in total. The summed E-state index contributed by atoms with van der Waals surface area (Å²) in [6.45, 7) is 0. The second-order valence-electron chi connectivity index (χ2n) is 6.34. The van der Waals surface area contributed by atoms with E-state index < -0.39 is 11.8 Å². The largest absolute Gasteiger partial charge is 0.496 e. The number of rotatable bonds is 3. The van der Waals surface area contributed by atoms with E-state index in [0.717, 1.165) is 26.6 Å². The lowest BCUT2D eigenvalue weighted by molar-refractivity contribution is -0.122. The Bertz CT molecular complexity index is 1190. The van der Waals surface area contributed by atoms with E-state index in [0.29, 0.717) is 5.69 Å². The van der Waals surface area contributed by atoms with Crippen LogP contribution in [0.5, 0.6) is 5.75 Å². The van der Waals surface area contributed by atoms with Gasteiger partial charge in [0, 0.05) is 9.86 Å². The minimum atomic E-state index is -0.520. The standard InChI is InChI=1S/C22H15BrN2O3S/c1-28-19-11-6-13(16-4-2-3-5-17(16)19)12-18-20(26)24-22(29)25(21(18)27)15-9-7-14(23)8-10-15/h2-12H,1H3,(H,24,26,29). The van der Waals surface area contributed by atoms with Gasteiger partial charge in [0.15, 0.2) is 5.11 Å². The predicted molar refractivity (Wildman–Crippen MR) is 121 cm³/mol. The number of carbonyl (C=O) groups is 2. The number of hydrogen-bond donors (Lipinski definition) is 1. The van der Waals surface area contributed by atoms with E-state index in [9.17, 15) is 9.59 Å². The Hall–Kier alpha value is -3.03. The maximum absolute atomic E-state index is 13.2. The van der Waals surface area contributed by atoms with Gasteiger partial charge >= 0.3 is 0 Å². The highest BCUT2D eigenvalue weighted by molar-refractivity contribution is 9.10. The highest BCUT2D eigenvalue weighted by Gasteiger charge is 2.34. The zero-order chi connectivity index (χ0) is 20.5. The van der Waals surface area contributed by atoms with Crippen LogP contribution >= 0.6 is 28.1 Å². The molecule has 1 aliphatic heterocycles. The van der Waals surface area contributed by atoms with Crippen LogP contribution in [0.1, 0.15) is 5.56 Å². The van der Waals surface area contributed by atoms with Crippen LogP contribution in [0.3, 0.4) is 0 Å². The molecule has 1 fully saturated rings. The summed E-state index contributed by atoms with van der Waals surface area (Å²) in [7, 11) is 1.61. The van der Waals surface area contributed by atoms with E-state index in [2.05, 4.69) is 21.2 Å². The highest BCUT2D eigenvalue weighted by atomic mass is 79.9. The number of benzene rings is 3. The van der Waals surface area contributed by atoms with E-state index in [4.69, 9.17) is 17.0 Å². The van der Waals surface area contributed by atoms with E-state index in [1.54, 1.807) is 25.3 Å². The minimum absolute atomic E-state index is 0.0110. The fourth-order valence-electron chi connectivity index (χ4n) is 3.24. The van der Waals surface area contributed by atoms with Crippen LogP contribution in [-0.2, 0) is 9.59 Å². The van der Waals surface area contributed by atoms with Crippen LogP contribution in [0.15, 0.2) is 70.7 Å². The normalized spacial score (nSPS) is 15.7. The first kappa shape index (κ1) is 19.3. The van der Waals surface area contributed by atoms with Crippen LogP contribution in [0.25, 0.3) is 16.8 Å². The molecule has 3 aromatic rings.